The highest BCUT2D eigenvalue weighted by molar-refractivity contribution is 6.07. The molecule has 0 aliphatic carbocycles. The van der Waals surface area contributed by atoms with Crippen molar-refractivity contribution < 1.29 is 14.3 Å². The Morgan fingerprint density at radius 1 is 1.12 bits per heavy atom. The Morgan fingerprint density at radius 2 is 1.79 bits per heavy atom. The molecule has 0 atom stereocenters. The molecule has 132 valence electrons. The third kappa shape index (κ3) is 3.71. The molecule has 0 aromatic heterocycles. The first-order valence-electron chi connectivity index (χ1n) is 8.77. The first-order valence-corrected chi connectivity index (χ1v) is 8.77. The van der Waals surface area contributed by atoms with Gasteiger partial charge in [0, 0.05) is 0 Å². The Balaban J connectivity index is 2.01. The summed E-state index contributed by atoms with van der Waals surface area (Å²) >= 11 is 0. The maximum atomic E-state index is 12.8. The van der Waals surface area contributed by atoms with Crippen LogP contribution in [0.3, 0.4) is 0 Å². The van der Waals surface area contributed by atoms with E-state index in [1.54, 1.807) is 0 Å². The van der Waals surface area contributed by atoms with E-state index in [2.05, 4.69) is 5.32 Å². The predicted octanol–water partition coefficient (Wildman–Crippen LogP) is 3.57. The predicted molar refractivity (Wildman–Crippen MR) is 94.2 cm³/mol. The highest BCUT2D eigenvalue weighted by atomic mass is 16.5. The Kier molecular flexibility index (Phi) is 5.86. The number of nitrogens with zero attached hydrogens (tertiary/aromatic N) is 1. The maximum Gasteiger partial charge on any atom is 0.325 e. The van der Waals surface area contributed by atoms with Gasteiger partial charge in [0.15, 0.2) is 0 Å². The zero-order chi connectivity index (χ0) is 17.7. The Hall–Kier alpha value is -2.04. The summed E-state index contributed by atoms with van der Waals surface area (Å²) in [4.78, 5) is 26.3. The SMILES string of the molecule is CCCC1(CCC)NC(=O)N(CCOc2cc(C)ccc2C)C1=O. The molecule has 3 amide bonds. The smallest absolute Gasteiger partial charge is 0.325 e. The van der Waals surface area contributed by atoms with Crippen LogP contribution in [0.1, 0.15) is 50.7 Å². The number of hydrogen-bond acceptors (Lipinski definition) is 3. The second-order valence-electron chi connectivity index (χ2n) is 6.59. The van der Waals surface area contributed by atoms with Gasteiger partial charge in [-0.1, -0.05) is 38.8 Å². The third-order valence-electron chi connectivity index (χ3n) is 4.52. The molecule has 0 saturated carbocycles. The van der Waals surface area contributed by atoms with Crippen LogP contribution in [0.5, 0.6) is 5.75 Å². The number of rotatable bonds is 8. The number of carbonyl (C=O) groups is 2. The lowest BCUT2D eigenvalue weighted by Gasteiger charge is -2.25. The van der Waals surface area contributed by atoms with Crippen LogP contribution in [-0.2, 0) is 4.79 Å². The van der Waals surface area contributed by atoms with Crippen LogP contribution < -0.4 is 10.1 Å². The van der Waals surface area contributed by atoms with Gasteiger partial charge in [-0.2, -0.15) is 0 Å². The molecule has 0 spiro atoms. The molecule has 1 saturated heterocycles. The van der Waals surface area contributed by atoms with Gasteiger partial charge in [0.05, 0.1) is 6.54 Å². The number of carbonyl (C=O) groups excluding carboxylic acids is 2. The molecule has 5 heteroatoms. The largest absolute Gasteiger partial charge is 0.491 e. The van der Waals surface area contributed by atoms with Crippen molar-refractivity contribution >= 4 is 11.9 Å². The first-order chi connectivity index (χ1) is 11.4. The lowest BCUT2D eigenvalue weighted by molar-refractivity contribution is -0.132. The van der Waals surface area contributed by atoms with E-state index >= 15 is 0 Å². The fourth-order valence-electron chi connectivity index (χ4n) is 3.31. The number of amides is 3. The molecular weight excluding hydrogens is 304 g/mol. The van der Waals surface area contributed by atoms with Crippen molar-refractivity contribution in [2.75, 3.05) is 13.2 Å². The molecule has 1 aromatic rings. The lowest BCUT2D eigenvalue weighted by Crippen LogP contribution is -2.47. The lowest BCUT2D eigenvalue weighted by atomic mass is 9.88. The summed E-state index contributed by atoms with van der Waals surface area (Å²) in [6.07, 6.45) is 3.08. The van der Waals surface area contributed by atoms with Crippen molar-refractivity contribution in [2.45, 2.75) is 58.9 Å². The maximum absolute atomic E-state index is 12.8. The monoisotopic (exact) mass is 332 g/mol. The second-order valence-corrected chi connectivity index (χ2v) is 6.59. The minimum absolute atomic E-state index is 0.110. The number of imide groups is 1. The van der Waals surface area contributed by atoms with Crippen LogP contribution >= 0.6 is 0 Å². The van der Waals surface area contributed by atoms with Crippen molar-refractivity contribution in [3.63, 3.8) is 0 Å². The molecule has 1 aliphatic heterocycles. The van der Waals surface area contributed by atoms with E-state index in [-0.39, 0.29) is 18.5 Å². The standard InChI is InChI=1S/C19H28N2O3/c1-5-9-19(10-6-2)17(22)21(18(23)20-19)11-12-24-16-13-14(3)7-8-15(16)4/h7-8,13H,5-6,9-12H2,1-4H3,(H,20,23). The number of aryl methyl sites for hydroxylation is 2. The highest BCUT2D eigenvalue weighted by Gasteiger charge is 2.49. The van der Waals surface area contributed by atoms with Gasteiger partial charge < -0.3 is 10.1 Å². The van der Waals surface area contributed by atoms with Gasteiger partial charge in [-0.05, 0) is 43.9 Å². The van der Waals surface area contributed by atoms with Crippen molar-refractivity contribution in [1.29, 1.82) is 0 Å². The fourth-order valence-corrected chi connectivity index (χ4v) is 3.31. The molecular formula is C19H28N2O3. The van der Waals surface area contributed by atoms with E-state index in [0.717, 1.165) is 29.7 Å². The average Bonchev–Trinajstić information content (AvgIpc) is 2.75. The summed E-state index contributed by atoms with van der Waals surface area (Å²) in [7, 11) is 0. The van der Waals surface area contributed by atoms with E-state index < -0.39 is 5.54 Å². The summed E-state index contributed by atoms with van der Waals surface area (Å²) in [5.41, 5.74) is 1.44. The summed E-state index contributed by atoms with van der Waals surface area (Å²) < 4.78 is 5.79. The molecule has 1 N–H and O–H groups in total. The first kappa shape index (κ1) is 18.3. The van der Waals surface area contributed by atoms with Gasteiger partial charge in [0.1, 0.15) is 17.9 Å². The molecule has 1 fully saturated rings. The zero-order valence-corrected chi connectivity index (χ0v) is 15.1. The average molecular weight is 332 g/mol. The second kappa shape index (κ2) is 7.69. The number of ether oxygens (including phenoxy) is 1. The molecule has 1 aromatic carbocycles. The zero-order valence-electron chi connectivity index (χ0n) is 15.1. The molecule has 0 unspecified atom stereocenters. The van der Waals surface area contributed by atoms with E-state index in [1.807, 2.05) is 45.9 Å². The quantitative estimate of drug-likeness (QED) is 0.740. The summed E-state index contributed by atoms with van der Waals surface area (Å²) in [6, 6.07) is 5.71. The van der Waals surface area contributed by atoms with Crippen molar-refractivity contribution in [1.82, 2.24) is 10.2 Å². The molecule has 24 heavy (non-hydrogen) atoms. The number of hydrogen-bond donors (Lipinski definition) is 1. The van der Waals surface area contributed by atoms with Gasteiger partial charge in [-0.15, -0.1) is 0 Å². The molecule has 0 bridgehead atoms. The van der Waals surface area contributed by atoms with E-state index in [1.165, 1.54) is 4.90 Å². The number of urea groups is 1. The molecule has 2 rings (SSSR count). The summed E-state index contributed by atoms with van der Waals surface area (Å²) in [6.45, 7) is 8.63. The van der Waals surface area contributed by atoms with Gasteiger partial charge >= 0.3 is 6.03 Å². The van der Waals surface area contributed by atoms with Gasteiger partial charge in [-0.25, -0.2) is 4.79 Å². The Bertz CT molecular complexity index is 607. The number of benzene rings is 1. The van der Waals surface area contributed by atoms with Crippen LogP contribution in [0.25, 0.3) is 0 Å². The van der Waals surface area contributed by atoms with Crippen LogP contribution in [0.15, 0.2) is 18.2 Å². The third-order valence-corrected chi connectivity index (χ3v) is 4.52. The topological polar surface area (TPSA) is 58.6 Å². The Labute approximate surface area is 144 Å². The van der Waals surface area contributed by atoms with E-state index in [4.69, 9.17) is 4.74 Å². The molecule has 0 radical (unpaired) electrons. The molecule has 1 heterocycles. The normalized spacial score (nSPS) is 16.4. The summed E-state index contributed by atoms with van der Waals surface area (Å²) in [5, 5.41) is 2.92. The van der Waals surface area contributed by atoms with Crippen LogP contribution in [0, 0.1) is 13.8 Å². The Morgan fingerprint density at radius 3 is 2.42 bits per heavy atom. The van der Waals surface area contributed by atoms with Crippen molar-refractivity contribution in [2.24, 2.45) is 0 Å². The molecule has 1 aliphatic rings. The van der Waals surface area contributed by atoms with Gasteiger partial charge in [0.2, 0.25) is 0 Å². The van der Waals surface area contributed by atoms with Gasteiger partial charge in [0.25, 0.3) is 5.91 Å². The van der Waals surface area contributed by atoms with Gasteiger partial charge in [-0.3, -0.25) is 9.69 Å². The van der Waals surface area contributed by atoms with Crippen molar-refractivity contribution in [3.8, 4) is 5.75 Å². The van der Waals surface area contributed by atoms with E-state index in [9.17, 15) is 9.59 Å². The summed E-state index contributed by atoms with van der Waals surface area (Å²) in [5.74, 6) is 0.691. The van der Waals surface area contributed by atoms with Crippen LogP contribution in [-0.4, -0.2) is 35.5 Å². The fraction of sp³-hybridized carbons (Fsp3) is 0.579. The van der Waals surface area contributed by atoms with E-state index in [0.29, 0.717) is 19.4 Å². The van der Waals surface area contributed by atoms with Crippen LogP contribution in [0.4, 0.5) is 4.79 Å². The number of nitrogens with one attached hydrogen (secondary N) is 1. The molecule has 5 nitrogen and oxygen atoms in total. The highest BCUT2D eigenvalue weighted by Crippen LogP contribution is 2.28. The van der Waals surface area contributed by atoms with Crippen molar-refractivity contribution in [3.05, 3.63) is 29.3 Å². The minimum atomic E-state index is -0.722. The van der Waals surface area contributed by atoms with Crippen LogP contribution in [0.2, 0.25) is 0 Å². The minimum Gasteiger partial charge on any atom is -0.491 e.